The highest BCUT2D eigenvalue weighted by Gasteiger charge is 2.18. The van der Waals surface area contributed by atoms with Crippen molar-refractivity contribution in [2.75, 3.05) is 6.61 Å². The van der Waals surface area contributed by atoms with E-state index < -0.39 is 17.8 Å². The van der Waals surface area contributed by atoms with E-state index in [0.29, 0.717) is 11.1 Å². The van der Waals surface area contributed by atoms with E-state index in [0.717, 1.165) is 17.2 Å². The third kappa shape index (κ3) is 4.11. The zero-order valence-corrected chi connectivity index (χ0v) is 15.9. The van der Waals surface area contributed by atoms with Gasteiger partial charge in [-0.3, -0.25) is 14.9 Å². The molecular formula is C23H19FN4O2. The van der Waals surface area contributed by atoms with Gasteiger partial charge in [-0.15, -0.1) is 0 Å². The van der Waals surface area contributed by atoms with Gasteiger partial charge < -0.3 is 10.4 Å². The summed E-state index contributed by atoms with van der Waals surface area (Å²) in [6.07, 6.45) is 6.96. The molecule has 6 nitrogen and oxygen atoms in total. The van der Waals surface area contributed by atoms with E-state index in [1.807, 2.05) is 48.5 Å². The van der Waals surface area contributed by atoms with Crippen molar-refractivity contribution in [2.45, 2.75) is 6.04 Å². The summed E-state index contributed by atoms with van der Waals surface area (Å²) in [4.78, 5) is 16.8. The highest BCUT2D eigenvalue weighted by atomic mass is 19.1. The Hall–Kier alpha value is -3.84. The molecule has 150 valence electrons. The quantitative estimate of drug-likeness (QED) is 0.458. The van der Waals surface area contributed by atoms with E-state index in [1.54, 1.807) is 24.5 Å². The molecule has 0 radical (unpaired) electrons. The standard InChI is InChI=1S/C23H19FN4O2/c24-19-12-17(23(30)26-21(14-29)16-6-2-1-3-7-16)11-18-20(27-28-22(18)19)9-8-15-5-4-10-25-13-15/h1-13,21,29H,14H2,(H,26,30)(H,27,28)/b9-8+/t21-/m1/s1. The molecule has 2 heterocycles. The fourth-order valence-corrected chi connectivity index (χ4v) is 3.17. The smallest absolute Gasteiger partial charge is 0.251 e. The fourth-order valence-electron chi connectivity index (χ4n) is 3.17. The van der Waals surface area contributed by atoms with E-state index in [2.05, 4.69) is 20.5 Å². The number of pyridine rings is 1. The first-order valence-corrected chi connectivity index (χ1v) is 9.38. The number of carbonyl (C=O) groups excluding carboxylic acids is 1. The van der Waals surface area contributed by atoms with Gasteiger partial charge in [-0.05, 0) is 35.4 Å². The highest BCUT2D eigenvalue weighted by Crippen LogP contribution is 2.23. The second kappa shape index (κ2) is 8.67. The number of aliphatic hydroxyl groups is 1. The Kier molecular flexibility index (Phi) is 5.63. The van der Waals surface area contributed by atoms with Gasteiger partial charge >= 0.3 is 0 Å². The third-order valence-electron chi connectivity index (χ3n) is 4.72. The van der Waals surface area contributed by atoms with Crippen LogP contribution in [0.3, 0.4) is 0 Å². The minimum absolute atomic E-state index is 0.145. The molecule has 0 fully saturated rings. The lowest BCUT2D eigenvalue weighted by molar-refractivity contribution is 0.0916. The Bertz CT molecular complexity index is 1190. The van der Waals surface area contributed by atoms with Crippen molar-refractivity contribution in [3.8, 4) is 0 Å². The molecule has 2 aromatic carbocycles. The normalized spacial score (nSPS) is 12.3. The molecule has 0 bridgehead atoms. The fraction of sp³-hybridized carbons (Fsp3) is 0.0870. The first kappa shape index (κ1) is 19.5. The van der Waals surface area contributed by atoms with E-state index in [1.165, 1.54) is 0 Å². The van der Waals surface area contributed by atoms with E-state index in [9.17, 15) is 14.3 Å². The summed E-state index contributed by atoms with van der Waals surface area (Å²) in [5, 5.41) is 19.7. The summed E-state index contributed by atoms with van der Waals surface area (Å²) in [5.74, 6) is -1.09. The Labute approximate surface area is 172 Å². The van der Waals surface area contributed by atoms with E-state index >= 15 is 0 Å². The number of benzene rings is 2. The molecule has 0 spiro atoms. The van der Waals surface area contributed by atoms with Crippen LogP contribution in [0.15, 0.2) is 67.0 Å². The number of nitrogens with one attached hydrogen (secondary N) is 2. The average Bonchev–Trinajstić information content (AvgIpc) is 3.20. The summed E-state index contributed by atoms with van der Waals surface area (Å²) in [6.45, 7) is -0.273. The zero-order valence-electron chi connectivity index (χ0n) is 15.9. The van der Waals surface area contributed by atoms with E-state index in [-0.39, 0.29) is 17.7 Å². The van der Waals surface area contributed by atoms with Crippen molar-refractivity contribution in [3.63, 3.8) is 0 Å². The monoisotopic (exact) mass is 402 g/mol. The van der Waals surface area contributed by atoms with Crippen LogP contribution < -0.4 is 5.32 Å². The lowest BCUT2D eigenvalue weighted by Gasteiger charge is -2.16. The number of aromatic nitrogens is 3. The maximum absolute atomic E-state index is 14.6. The van der Waals surface area contributed by atoms with Crippen LogP contribution in [0, 0.1) is 5.82 Å². The largest absolute Gasteiger partial charge is 0.394 e. The van der Waals surface area contributed by atoms with Gasteiger partial charge in [-0.25, -0.2) is 4.39 Å². The van der Waals surface area contributed by atoms with Crippen molar-refractivity contribution in [1.29, 1.82) is 0 Å². The number of rotatable bonds is 6. The zero-order chi connectivity index (χ0) is 20.9. The molecule has 1 amide bonds. The maximum Gasteiger partial charge on any atom is 0.251 e. The number of H-pyrrole nitrogens is 1. The van der Waals surface area contributed by atoms with Gasteiger partial charge in [0.15, 0.2) is 5.82 Å². The molecule has 0 saturated carbocycles. The Balaban J connectivity index is 1.63. The molecule has 7 heteroatoms. The summed E-state index contributed by atoms with van der Waals surface area (Å²) in [6, 6.07) is 15.0. The van der Waals surface area contributed by atoms with Crippen LogP contribution >= 0.6 is 0 Å². The lowest BCUT2D eigenvalue weighted by Crippen LogP contribution is -2.30. The number of carbonyl (C=O) groups is 1. The van der Waals surface area contributed by atoms with Crippen molar-refractivity contribution >= 4 is 29.0 Å². The molecule has 30 heavy (non-hydrogen) atoms. The van der Waals surface area contributed by atoms with Gasteiger partial charge in [0.05, 0.1) is 18.3 Å². The number of hydrogen-bond acceptors (Lipinski definition) is 4. The molecule has 0 unspecified atom stereocenters. The Morgan fingerprint density at radius 3 is 2.73 bits per heavy atom. The van der Waals surface area contributed by atoms with Gasteiger partial charge in [0.25, 0.3) is 5.91 Å². The van der Waals surface area contributed by atoms with E-state index in [4.69, 9.17) is 0 Å². The van der Waals surface area contributed by atoms with Crippen LogP contribution in [0.25, 0.3) is 23.1 Å². The molecular weight excluding hydrogens is 383 g/mol. The topological polar surface area (TPSA) is 90.9 Å². The van der Waals surface area contributed by atoms with Gasteiger partial charge in [0.1, 0.15) is 5.52 Å². The molecule has 0 saturated heterocycles. The van der Waals surface area contributed by atoms with Gasteiger partial charge in [0.2, 0.25) is 0 Å². The summed E-state index contributed by atoms with van der Waals surface area (Å²) in [7, 11) is 0. The average molecular weight is 402 g/mol. The van der Waals surface area contributed by atoms with Crippen LogP contribution in [0.1, 0.15) is 33.2 Å². The number of aliphatic hydroxyl groups excluding tert-OH is 1. The van der Waals surface area contributed by atoms with Gasteiger partial charge in [-0.2, -0.15) is 5.10 Å². The third-order valence-corrected chi connectivity index (χ3v) is 4.72. The minimum atomic E-state index is -0.602. The van der Waals surface area contributed by atoms with Crippen molar-refractivity contribution in [1.82, 2.24) is 20.5 Å². The lowest BCUT2D eigenvalue weighted by atomic mass is 10.1. The Morgan fingerprint density at radius 2 is 2.00 bits per heavy atom. The molecule has 4 rings (SSSR count). The van der Waals surface area contributed by atoms with Crippen LogP contribution in [-0.4, -0.2) is 32.8 Å². The van der Waals surface area contributed by atoms with Crippen molar-refractivity contribution in [3.05, 3.63) is 95.2 Å². The molecule has 0 aliphatic carbocycles. The second-order valence-corrected chi connectivity index (χ2v) is 6.73. The SMILES string of the molecule is O=C(N[C@H](CO)c1ccccc1)c1cc(F)c2n[nH]c(/C=C/c3cccnc3)c2c1. The van der Waals surface area contributed by atoms with Crippen molar-refractivity contribution in [2.24, 2.45) is 0 Å². The van der Waals surface area contributed by atoms with Crippen molar-refractivity contribution < 1.29 is 14.3 Å². The number of halogens is 1. The van der Waals surface area contributed by atoms with Gasteiger partial charge in [0, 0.05) is 23.3 Å². The number of hydrogen-bond donors (Lipinski definition) is 3. The summed E-state index contributed by atoms with van der Waals surface area (Å²) < 4.78 is 14.6. The molecule has 0 aliphatic heterocycles. The highest BCUT2D eigenvalue weighted by molar-refractivity contribution is 6.00. The van der Waals surface area contributed by atoms with Crippen LogP contribution in [0.5, 0.6) is 0 Å². The predicted molar refractivity (Wildman–Crippen MR) is 113 cm³/mol. The van der Waals surface area contributed by atoms with Crippen LogP contribution in [0.4, 0.5) is 4.39 Å². The second-order valence-electron chi connectivity index (χ2n) is 6.73. The van der Waals surface area contributed by atoms with Gasteiger partial charge in [-0.1, -0.05) is 42.5 Å². The first-order chi connectivity index (χ1) is 14.7. The van der Waals surface area contributed by atoms with Crippen LogP contribution in [-0.2, 0) is 0 Å². The number of fused-ring (bicyclic) bond motifs is 1. The first-order valence-electron chi connectivity index (χ1n) is 9.38. The molecule has 0 aliphatic rings. The summed E-state index contributed by atoms with van der Waals surface area (Å²) in [5.41, 5.74) is 2.51. The number of amides is 1. The number of nitrogens with zero attached hydrogens (tertiary/aromatic N) is 2. The molecule has 1 atom stereocenters. The minimum Gasteiger partial charge on any atom is -0.394 e. The predicted octanol–water partition coefficient (Wildman–Crippen LogP) is 3.73. The molecule has 2 aromatic heterocycles. The Morgan fingerprint density at radius 1 is 1.17 bits per heavy atom. The maximum atomic E-state index is 14.6. The molecule has 4 aromatic rings. The summed E-state index contributed by atoms with van der Waals surface area (Å²) >= 11 is 0. The van der Waals surface area contributed by atoms with Crippen LogP contribution in [0.2, 0.25) is 0 Å². The molecule has 3 N–H and O–H groups in total. The number of aromatic amines is 1.